The zero-order valence-corrected chi connectivity index (χ0v) is 6.50. The quantitative estimate of drug-likeness (QED) is 0.660. The third-order valence-electron chi connectivity index (χ3n) is 1.46. The number of unbranched alkanes of at least 4 members (excludes halogenated alkanes) is 1. The molecule has 0 bridgehead atoms. The standard InChI is InChI=1S/C7H11N3O/c1-2-3-4-7(11)6-5-8-10-9-6/h5H,2-4H2,1H3,(H,8,9,10). The Morgan fingerprint density at radius 1 is 1.73 bits per heavy atom. The lowest BCUT2D eigenvalue weighted by molar-refractivity contribution is 0.0975. The molecule has 1 N–H and O–H groups in total. The fourth-order valence-corrected chi connectivity index (χ4v) is 0.801. The molecule has 4 heteroatoms. The van der Waals surface area contributed by atoms with Gasteiger partial charge in [0.1, 0.15) is 5.69 Å². The number of carbonyl (C=O) groups is 1. The maximum atomic E-state index is 11.1. The van der Waals surface area contributed by atoms with Crippen molar-refractivity contribution in [1.29, 1.82) is 0 Å². The van der Waals surface area contributed by atoms with Crippen molar-refractivity contribution in [3.8, 4) is 0 Å². The van der Waals surface area contributed by atoms with Crippen molar-refractivity contribution in [3.63, 3.8) is 0 Å². The second-order valence-electron chi connectivity index (χ2n) is 2.38. The first kappa shape index (κ1) is 7.91. The van der Waals surface area contributed by atoms with E-state index >= 15 is 0 Å². The van der Waals surface area contributed by atoms with Crippen molar-refractivity contribution >= 4 is 5.78 Å². The monoisotopic (exact) mass is 153 g/mol. The number of rotatable bonds is 4. The van der Waals surface area contributed by atoms with E-state index in [1.54, 1.807) is 0 Å². The molecule has 11 heavy (non-hydrogen) atoms. The number of hydrogen-bond donors (Lipinski definition) is 1. The minimum absolute atomic E-state index is 0.0700. The Balaban J connectivity index is 2.43. The van der Waals surface area contributed by atoms with E-state index in [0.29, 0.717) is 12.1 Å². The van der Waals surface area contributed by atoms with Crippen LogP contribution in [0.15, 0.2) is 6.20 Å². The van der Waals surface area contributed by atoms with Gasteiger partial charge in [-0.05, 0) is 6.42 Å². The topological polar surface area (TPSA) is 58.6 Å². The van der Waals surface area contributed by atoms with Crippen LogP contribution in [0.5, 0.6) is 0 Å². The predicted molar refractivity (Wildman–Crippen MR) is 40.2 cm³/mol. The van der Waals surface area contributed by atoms with Crippen LogP contribution in [-0.2, 0) is 0 Å². The molecule has 0 unspecified atom stereocenters. The molecule has 0 atom stereocenters. The summed E-state index contributed by atoms with van der Waals surface area (Å²) in [6.45, 7) is 2.05. The first-order valence-corrected chi connectivity index (χ1v) is 3.73. The lowest BCUT2D eigenvalue weighted by Crippen LogP contribution is -1.98. The highest BCUT2D eigenvalue weighted by Gasteiger charge is 2.06. The SMILES string of the molecule is CCCCC(=O)c1cn[nH]n1. The van der Waals surface area contributed by atoms with Gasteiger partial charge in [-0.3, -0.25) is 4.79 Å². The van der Waals surface area contributed by atoms with Crippen LogP contribution in [0.4, 0.5) is 0 Å². The molecule has 1 aromatic rings. The summed E-state index contributed by atoms with van der Waals surface area (Å²) in [5.41, 5.74) is 0.443. The van der Waals surface area contributed by atoms with Gasteiger partial charge in [0.25, 0.3) is 0 Å². The first-order valence-electron chi connectivity index (χ1n) is 3.73. The van der Waals surface area contributed by atoms with Gasteiger partial charge in [0.15, 0.2) is 5.78 Å². The zero-order valence-electron chi connectivity index (χ0n) is 6.50. The molecule has 0 saturated carbocycles. The van der Waals surface area contributed by atoms with E-state index in [0.717, 1.165) is 12.8 Å². The second kappa shape index (κ2) is 3.85. The molecule has 0 amide bonds. The lowest BCUT2D eigenvalue weighted by Gasteiger charge is -1.91. The van der Waals surface area contributed by atoms with Crippen LogP contribution in [0.1, 0.15) is 36.7 Å². The van der Waals surface area contributed by atoms with Crippen LogP contribution in [0.25, 0.3) is 0 Å². The van der Waals surface area contributed by atoms with Gasteiger partial charge in [-0.2, -0.15) is 15.4 Å². The summed E-state index contributed by atoms with van der Waals surface area (Å²) in [5, 5.41) is 9.64. The number of ketones is 1. The minimum Gasteiger partial charge on any atom is -0.292 e. The summed E-state index contributed by atoms with van der Waals surface area (Å²) in [4.78, 5) is 11.1. The van der Waals surface area contributed by atoms with Gasteiger partial charge in [-0.15, -0.1) is 0 Å². The Kier molecular flexibility index (Phi) is 2.77. The molecule has 1 heterocycles. The van der Waals surface area contributed by atoms with E-state index in [2.05, 4.69) is 22.3 Å². The molecule has 0 aliphatic rings. The number of carbonyl (C=O) groups excluding carboxylic acids is 1. The van der Waals surface area contributed by atoms with Crippen LogP contribution < -0.4 is 0 Å². The molecule has 4 nitrogen and oxygen atoms in total. The minimum atomic E-state index is 0.0700. The fourth-order valence-electron chi connectivity index (χ4n) is 0.801. The van der Waals surface area contributed by atoms with Crippen LogP contribution >= 0.6 is 0 Å². The molecule has 0 spiro atoms. The summed E-state index contributed by atoms with van der Waals surface area (Å²) in [6, 6.07) is 0. The maximum Gasteiger partial charge on any atom is 0.184 e. The van der Waals surface area contributed by atoms with Crippen molar-refractivity contribution in [2.75, 3.05) is 0 Å². The largest absolute Gasteiger partial charge is 0.292 e. The highest BCUT2D eigenvalue weighted by Crippen LogP contribution is 2.01. The van der Waals surface area contributed by atoms with Crippen molar-refractivity contribution in [3.05, 3.63) is 11.9 Å². The Hall–Kier alpha value is -1.19. The molecular weight excluding hydrogens is 142 g/mol. The molecule has 0 aliphatic heterocycles. The zero-order chi connectivity index (χ0) is 8.10. The molecular formula is C7H11N3O. The van der Waals surface area contributed by atoms with Gasteiger partial charge in [-0.25, -0.2) is 0 Å². The first-order chi connectivity index (χ1) is 5.34. The van der Waals surface area contributed by atoms with Gasteiger partial charge in [0, 0.05) is 6.42 Å². The smallest absolute Gasteiger partial charge is 0.184 e. The summed E-state index contributed by atoms with van der Waals surface area (Å²) in [6.07, 6.45) is 3.98. The number of aromatic nitrogens is 3. The maximum absolute atomic E-state index is 11.1. The lowest BCUT2D eigenvalue weighted by atomic mass is 10.1. The average molecular weight is 153 g/mol. The number of hydrogen-bond acceptors (Lipinski definition) is 3. The Morgan fingerprint density at radius 3 is 3.09 bits per heavy atom. The van der Waals surface area contributed by atoms with Gasteiger partial charge in [0.2, 0.25) is 0 Å². The summed E-state index contributed by atoms with van der Waals surface area (Å²) in [5.74, 6) is 0.0700. The second-order valence-corrected chi connectivity index (χ2v) is 2.38. The number of nitrogens with zero attached hydrogens (tertiary/aromatic N) is 2. The van der Waals surface area contributed by atoms with E-state index in [1.807, 2.05) is 0 Å². The van der Waals surface area contributed by atoms with Gasteiger partial charge >= 0.3 is 0 Å². The van der Waals surface area contributed by atoms with Crippen molar-refractivity contribution in [2.45, 2.75) is 26.2 Å². The van der Waals surface area contributed by atoms with Gasteiger partial charge in [0.05, 0.1) is 6.20 Å². The summed E-state index contributed by atoms with van der Waals surface area (Å²) in [7, 11) is 0. The van der Waals surface area contributed by atoms with Crippen LogP contribution in [0, 0.1) is 0 Å². The molecule has 1 rings (SSSR count). The third-order valence-corrected chi connectivity index (χ3v) is 1.46. The van der Waals surface area contributed by atoms with Crippen molar-refractivity contribution in [2.24, 2.45) is 0 Å². The predicted octanol–water partition coefficient (Wildman–Crippen LogP) is 1.18. The normalized spacial score (nSPS) is 9.91. The molecule has 60 valence electrons. The number of nitrogens with one attached hydrogen (secondary N) is 1. The van der Waals surface area contributed by atoms with E-state index in [-0.39, 0.29) is 5.78 Å². The summed E-state index contributed by atoms with van der Waals surface area (Å²) < 4.78 is 0. The Labute approximate surface area is 65.0 Å². The van der Waals surface area contributed by atoms with Gasteiger partial charge < -0.3 is 0 Å². The van der Waals surface area contributed by atoms with E-state index in [4.69, 9.17) is 0 Å². The van der Waals surface area contributed by atoms with E-state index in [1.165, 1.54) is 6.20 Å². The van der Waals surface area contributed by atoms with E-state index < -0.39 is 0 Å². The Bertz CT molecular complexity index is 218. The number of H-pyrrole nitrogens is 1. The number of aromatic amines is 1. The third kappa shape index (κ3) is 2.14. The fraction of sp³-hybridized carbons (Fsp3) is 0.571. The Morgan fingerprint density at radius 2 is 2.55 bits per heavy atom. The number of Topliss-reactive ketones (excluding diaryl/α,β-unsaturated/α-hetero) is 1. The molecule has 1 aromatic heterocycles. The van der Waals surface area contributed by atoms with Crippen LogP contribution in [-0.4, -0.2) is 21.2 Å². The highest BCUT2D eigenvalue weighted by molar-refractivity contribution is 5.93. The van der Waals surface area contributed by atoms with Crippen LogP contribution in [0.2, 0.25) is 0 Å². The van der Waals surface area contributed by atoms with Gasteiger partial charge in [-0.1, -0.05) is 13.3 Å². The molecule has 0 aromatic carbocycles. The van der Waals surface area contributed by atoms with Crippen LogP contribution in [0.3, 0.4) is 0 Å². The highest BCUT2D eigenvalue weighted by atomic mass is 16.1. The molecule has 0 saturated heterocycles. The van der Waals surface area contributed by atoms with Crippen molar-refractivity contribution in [1.82, 2.24) is 15.4 Å². The summed E-state index contributed by atoms with van der Waals surface area (Å²) >= 11 is 0. The average Bonchev–Trinajstić information content (AvgIpc) is 2.52. The molecule has 0 aliphatic carbocycles. The molecule has 0 radical (unpaired) electrons. The van der Waals surface area contributed by atoms with Crippen molar-refractivity contribution < 1.29 is 4.79 Å². The van der Waals surface area contributed by atoms with E-state index in [9.17, 15) is 4.79 Å². The molecule has 0 fully saturated rings.